The van der Waals surface area contributed by atoms with E-state index in [2.05, 4.69) is 17.2 Å². The van der Waals surface area contributed by atoms with Gasteiger partial charge in [0.25, 0.3) is 0 Å². The van der Waals surface area contributed by atoms with Gasteiger partial charge in [0.05, 0.1) is 11.7 Å². The third kappa shape index (κ3) is 5.81. The van der Waals surface area contributed by atoms with E-state index in [1.54, 1.807) is 13.8 Å². The molecule has 21 heavy (non-hydrogen) atoms. The van der Waals surface area contributed by atoms with Crippen LogP contribution in [0.1, 0.15) is 59.5 Å². The molecule has 1 heterocycles. The molecule has 0 aromatic carbocycles. The molecule has 118 valence electrons. The normalized spacial score (nSPS) is 12.1. The van der Waals surface area contributed by atoms with E-state index in [4.69, 9.17) is 9.84 Å². The molecule has 6 nitrogen and oxygen atoms in total. The predicted octanol–water partition coefficient (Wildman–Crippen LogP) is 2.53. The lowest BCUT2D eigenvalue weighted by atomic mass is 10.3. The second-order valence-electron chi connectivity index (χ2n) is 4.82. The van der Waals surface area contributed by atoms with Crippen LogP contribution in [0.25, 0.3) is 0 Å². The maximum absolute atomic E-state index is 11.7. The predicted molar refractivity (Wildman–Crippen MR) is 80.7 cm³/mol. The number of nitrogens with one attached hydrogen (secondary N) is 1. The second kappa shape index (κ2) is 8.74. The van der Waals surface area contributed by atoms with Crippen LogP contribution >= 0.6 is 11.3 Å². The Morgan fingerprint density at radius 3 is 2.71 bits per heavy atom. The number of aromatic carboxylic acids is 1. The molecule has 0 saturated heterocycles. The maximum atomic E-state index is 11.7. The van der Waals surface area contributed by atoms with Crippen LogP contribution in [0.2, 0.25) is 0 Å². The molecule has 0 aliphatic carbocycles. The Hall–Kier alpha value is -1.47. The molecule has 1 atom stereocenters. The van der Waals surface area contributed by atoms with E-state index in [9.17, 15) is 9.59 Å². The Labute approximate surface area is 128 Å². The van der Waals surface area contributed by atoms with E-state index in [1.165, 1.54) is 0 Å². The summed E-state index contributed by atoms with van der Waals surface area (Å²) in [6.07, 6.45) is 3.16. The Kier molecular flexibility index (Phi) is 7.31. The Morgan fingerprint density at radius 2 is 2.14 bits per heavy atom. The molecule has 2 N–H and O–H groups in total. The topological polar surface area (TPSA) is 88.5 Å². The minimum absolute atomic E-state index is 0.0181. The number of aromatic nitrogens is 1. The summed E-state index contributed by atoms with van der Waals surface area (Å²) >= 11 is 1.09. The van der Waals surface area contributed by atoms with Gasteiger partial charge in [0, 0.05) is 6.61 Å². The summed E-state index contributed by atoms with van der Waals surface area (Å²) in [5.74, 6) is -1.21. The number of unbranched alkanes of at least 4 members (excludes halogenated alkanes) is 2. The molecular weight excluding hydrogens is 292 g/mol. The van der Waals surface area contributed by atoms with Crippen molar-refractivity contribution in [3.05, 3.63) is 15.6 Å². The molecule has 1 aromatic heterocycles. The average Bonchev–Trinajstić information content (AvgIpc) is 2.81. The lowest BCUT2D eigenvalue weighted by Crippen LogP contribution is -2.30. The van der Waals surface area contributed by atoms with Gasteiger partial charge >= 0.3 is 5.97 Å². The summed E-state index contributed by atoms with van der Waals surface area (Å²) < 4.78 is 5.28. The van der Waals surface area contributed by atoms with Crippen LogP contribution in [0.4, 0.5) is 0 Å². The van der Waals surface area contributed by atoms with Crippen molar-refractivity contribution in [2.24, 2.45) is 0 Å². The van der Waals surface area contributed by atoms with Gasteiger partial charge < -0.3 is 15.2 Å². The number of amides is 1. The largest absolute Gasteiger partial charge is 0.477 e. The van der Waals surface area contributed by atoms with E-state index in [0.29, 0.717) is 17.3 Å². The zero-order valence-electron chi connectivity index (χ0n) is 12.6. The van der Waals surface area contributed by atoms with Crippen molar-refractivity contribution in [1.29, 1.82) is 0 Å². The van der Waals surface area contributed by atoms with Crippen molar-refractivity contribution in [3.63, 3.8) is 0 Å². The first-order chi connectivity index (χ1) is 9.95. The summed E-state index contributed by atoms with van der Waals surface area (Å²) in [6.45, 7) is 6.13. The summed E-state index contributed by atoms with van der Waals surface area (Å²) in [5.41, 5.74) is 0.472. The number of carbonyl (C=O) groups excluding carboxylic acids is 1. The first kappa shape index (κ1) is 17.6. The van der Waals surface area contributed by atoms with Crippen molar-refractivity contribution in [2.75, 3.05) is 13.2 Å². The van der Waals surface area contributed by atoms with Crippen LogP contribution in [0.3, 0.4) is 0 Å². The van der Waals surface area contributed by atoms with E-state index in [0.717, 1.165) is 30.6 Å². The third-order valence-electron chi connectivity index (χ3n) is 2.88. The fraction of sp³-hybridized carbons (Fsp3) is 0.643. The van der Waals surface area contributed by atoms with Gasteiger partial charge in [-0.25, -0.2) is 9.78 Å². The van der Waals surface area contributed by atoms with Crippen molar-refractivity contribution in [3.8, 4) is 0 Å². The molecule has 0 radical (unpaired) electrons. The zero-order valence-corrected chi connectivity index (χ0v) is 13.5. The number of hydrogen-bond donors (Lipinski definition) is 2. The number of carboxylic acids is 1. The molecule has 1 rings (SSSR count). The Morgan fingerprint density at radius 1 is 1.43 bits per heavy atom. The lowest BCUT2D eigenvalue weighted by molar-refractivity contribution is -0.126. The number of carboxylic acid groups (broad SMARTS) is 1. The molecular formula is C14H22N2O4S. The number of rotatable bonds is 9. The van der Waals surface area contributed by atoms with Crippen molar-refractivity contribution in [1.82, 2.24) is 10.3 Å². The molecule has 0 fully saturated rings. The van der Waals surface area contributed by atoms with Crippen LogP contribution in [-0.4, -0.2) is 35.2 Å². The van der Waals surface area contributed by atoms with E-state index in [1.807, 2.05) is 0 Å². The number of carbonyl (C=O) groups is 2. The molecule has 0 aliphatic rings. The first-order valence-electron chi connectivity index (χ1n) is 7.03. The molecule has 0 saturated carbocycles. The fourth-order valence-electron chi connectivity index (χ4n) is 1.76. The van der Waals surface area contributed by atoms with Crippen LogP contribution in [0, 0.1) is 6.92 Å². The highest BCUT2D eigenvalue weighted by atomic mass is 32.1. The molecule has 1 aromatic rings. The van der Waals surface area contributed by atoms with Crippen LogP contribution in [0.15, 0.2) is 0 Å². The zero-order chi connectivity index (χ0) is 15.8. The van der Waals surface area contributed by atoms with Crippen molar-refractivity contribution >= 4 is 23.2 Å². The number of ether oxygens (including phenoxy) is 1. The van der Waals surface area contributed by atoms with Gasteiger partial charge in [0.15, 0.2) is 0 Å². The smallest absolute Gasteiger partial charge is 0.347 e. The molecule has 1 unspecified atom stereocenters. The van der Waals surface area contributed by atoms with Crippen molar-refractivity contribution in [2.45, 2.75) is 46.1 Å². The summed E-state index contributed by atoms with van der Waals surface area (Å²) in [4.78, 5) is 27.1. The minimum Gasteiger partial charge on any atom is -0.477 e. The highest BCUT2D eigenvalue weighted by Gasteiger charge is 2.19. The molecule has 0 bridgehead atoms. The van der Waals surface area contributed by atoms with Gasteiger partial charge in [-0.3, -0.25) is 4.79 Å². The monoisotopic (exact) mass is 314 g/mol. The van der Waals surface area contributed by atoms with Gasteiger partial charge in [-0.15, -0.1) is 11.3 Å². The van der Waals surface area contributed by atoms with Crippen LogP contribution in [-0.2, 0) is 9.53 Å². The summed E-state index contributed by atoms with van der Waals surface area (Å²) in [7, 11) is 0. The minimum atomic E-state index is -0.992. The standard InChI is InChI=1S/C14H22N2O4S/c1-4-5-6-7-20-8-11(17)15-10(3)13-16-9(2)12(21-13)14(18)19/h10H,4-8H2,1-3H3,(H,15,17)(H,18,19). The summed E-state index contributed by atoms with van der Waals surface area (Å²) in [5, 5.41) is 12.3. The lowest BCUT2D eigenvalue weighted by Gasteiger charge is -2.11. The van der Waals surface area contributed by atoms with Gasteiger partial charge in [-0.2, -0.15) is 0 Å². The third-order valence-corrected chi connectivity index (χ3v) is 4.21. The molecule has 7 heteroatoms. The SMILES string of the molecule is CCCCCOCC(=O)NC(C)c1nc(C)c(C(=O)O)s1. The Balaban J connectivity index is 2.42. The summed E-state index contributed by atoms with van der Waals surface area (Å²) in [6, 6.07) is -0.325. The highest BCUT2D eigenvalue weighted by molar-refractivity contribution is 7.13. The maximum Gasteiger partial charge on any atom is 0.347 e. The van der Waals surface area contributed by atoms with Gasteiger partial charge in [0.1, 0.15) is 16.5 Å². The van der Waals surface area contributed by atoms with Gasteiger partial charge in [-0.05, 0) is 20.3 Å². The highest BCUT2D eigenvalue weighted by Crippen LogP contribution is 2.23. The number of thiazole rings is 1. The molecule has 0 aliphatic heterocycles. The second-order valence-corrected chi connectivity index (χ2v) is 5.85. The van der Waals surface area contributed by atoms with Gasteiger partial charge in [0.2, 0.25) is 5.91 Å². The number of aryl methyl sites for hydroxylation is 1. The van der Waals surface area contributed by atoms with E-state index in [-0.39, 0.29) is 23.4 Å². The molecule has 1 amide bonds. The fourth-order valence-corrected chi connectivity index (χ4v) is 2.67. The van der Waals surface area contributed by atoms with Crippen LogP contribution < -0.4 is 5.32 Å². The number of hydrogen-bond acceptors (Lipinski definition) is 5. The van der Waals surface area contributed by atoms with E-state index >= 15 is 0 Å². The molecule has 0 spiro atoms. The van der Waals surface area contributed by atoms with Gasteiger partial charge in [-0.1, -0.05) is 19.8 Å². The van der Waals surface area contributed by atoms with Crippen molar-refractivity contribution < 1.29 is 19.4 Å². The average molecular weight is 314 g/mol. The Bertz CT molecular complexity index is 487. The first-order valence-corrected chi connectivity index (χ1v) is 7.85. The quantitative estimate of drug-likeness (QED) is 0.684. The van der Waals surface area contributed by atoms with Crippen LogP contribution in [0.5, 0.6) is 0 Å². The van der Waals surface area contributed by atoms with E-state index < -0.39 is 5.97 Å². The number of nitrogens with zero attached hydrogens (tertiary/aromatic N) is 1.